The minimum Gasteiger partial charge on any atom is -0.493 e. The highest BCUT2D eigenvalue weighted by Gasteiger charge is 2.30. The Morgan fingerprint density at radius 2 is 1.87 bits per heavy atom. The van der Waals surface area contributed by atoms with Gasteiger partial charge in [-0.15, -0.1) is 0 Å². The van der Waals surface area contributed by atoms with Crippen molar-refractivity contribution in [2.45, 2.75) is 59.3 Å². The Morgan fingerprint density at radius 3 is 2.64 bits per heavy atom. The maximum atomic E-state index is 13.9. The van der Waals surface area contributed by atoms with Crippen molar-refractivity contribution in [3.05, 3.63) is 100 Å². The molecule has 0 N–H and O–H groups in total. The maximum absolute atomic E-state index is 13.9. The van der Waals surface area contributed by atoms with Gasteiger partial charge in [-0.2, -0.15) is 5.10 Å². The van der Waals surface area contributed by atoms with Crippen LogP contribution >= 0.6 is 0 Å². The topological polar surface area (TPSA) is 73.7 Å². The number of Topliss-reactive ketones (excluding diaryl/α,β-unsaturated/α-hetero) is 1. The first-order valence-corrected chi connectivity index (χ1v) is 16.1. The van der Waals surface area contributed by atoms with E-state index in [2.05, 4.69) is 32.1 Å². The smallest absolute Gasteiger partial charge is 0.274 e. The lowest BCUT2D eigenvalue weighted by atomic mass is 9.85. The number of carbonyl (C=O) groups is 2. The third kappa shape index (κ3) is 7.30. The number of aryl methyl sites for hydroxylation is 2. The zero-order chi connectivity index (χ0) is 31.9. The first kappa shape index (κ1) is 32.0. The molecule has 0 radical (unpaired) electrons. The summed E-state index contributed by atoms with van der Waals surface area (Å²) >= 11 is 0. The molecule has 3 heterocycles. The summed E-state index contributed by atoms with van der Waals surface area (Å²) in [7, 11) is 3.24. The quantitative estimate of drug-likeness (QED) is 0.237. The molecule has 1 saturated heterocycles. The van der Waals surface area contributed by atoms with Crippen molar-refractivity contribution in [3.8, 4) is 11.5 Å². The number of methoxy groups -OCH3 is 2. The highest BCUT2D eigenvalue weighted by Crippen LogP contribution is 2.33. The van der Waals surface area contributed by atoms with Crippen LogP contribution in [0, 0.1) is 11.8 Å². The second-order valence-electron chi connectivity index (χ2n) is 12.2. The highest BCUT2D eigenvalue weighted by molar-refractivity contribution is 5.99. The lowest BCUT2D eigenvalue weighted by Gasteiger charge is -2.25. The summed E-state index contributed by atoms with van der Waals surface area (Å²) in [5.74, 6) is 1.85. The van der Waals surface area contributed by atoms with Gasteiger partial charge in [0.2, 0.25) is 0 Å². The number of likely N-dealkylation sites (tertiary alicyclic amines) is 1. The van der Waals surface area contributed by atoms with Crippen LogP contribution in [-0.4, -0.2) is 53.7 Å². The summed E-state index contributed by atoms with van der Waals surface area (Å²) in [6.45, 7) is 7.51. The van der Waals surface area contributed by atoms with Crippen molar-refractivity contribution in [2.75, 3.05) is 27.3 Å². The predicted octanol–water partition coefficient (Wildman–Crippen LogP) is 7.41. The van der Waals surface area contributed by atoms with E-state index in [1.54, 1.807) is 14.2 Å². The largest absolute Gasteiger partial charge is 0.493 e. The normalized spacial score (nSPS) is 20.6. The number of ether oxygens (including phenoxy) is 2. The SMILES string of the molecule is CCc1ccccc1/C=C(\C)C(=O)CC1CCCN(C(=O)c2cc3n(n2)/C(c2ccc(OC)c(OC)c2)=C\C=C/CC3)C[C@@H]1C. The van der Waals surface area contributed by atoms with E-state index in [0.29, 0.717) is 36.7 Å². The van der Waals surface area contributed by atoms with Crippen LogP contribution in [-0.2, 0) is 17.6 Å². The number of allylic oxidation sites excluding steroid dienone is 4. The molecule has 0 aliphatic carbocycles. The molecule has 1 amide bonds. The molecule has 2 atom stereocenters. The van der Waals surface area contributed by atoms with Crippen LogP contribution < -0.4 is 9.47 Å². The lowest BCUT2D eigenvalue weighted by Crippen LogP contribution is -2.35. The predicted molar refractivity (Wildman–Crippen MR) is 179 cm³/mol. The van der Waals surface area contributed by atoms with Gasteiger partial charge in [-0.05, 0) is 104 Å². The molecule has 2 aliphatic heterocycles. The van der Waals surface area contributed by atoms with Gasteiger partial charge in [-0.25, -0.2) is 4.68 Å². The van der Waals surface area contributed by atoms with E-state index in [0.717, 1.165) is 60.2 Å². The summed E-state index contributed by atoms with van der Waals surface area (Å²) in [6.07, 6.45) is 13.1. The molecule has 2 aliphatic rings. The maximum Gasteiger partial charge on any atom is 0.274 e. The van der Waals surface area contributed by atoms with E-state index in [4.69, 9.17) is 14.6 Å². The van der Waals surface area contributed by atoms with Gasteiger partial charge in [0.1, 0.15) is 0 Å². The summed E-state index contributed by atoms with van der Waals surface area (Å²) in [5.41, 5.74) is 6.38. The summed E-state index contributed by atoms with van der Waals surface area (Å²) in [5, 5.41) is 4.87. The molecule has 7 heteroatoms. The molecule has 3 aromatic rings. The van der Waals surface area contributed by atoms with Gasteiger partial charge >= 0.3 is 0 Å². The number of aromatic nitrogens is 2. The molecule has 236 valence electrons. The Morgan fingerprint density at radius 1 is 1.07 bits per heavy atom. The van der Waals surface area contributed by atoms with E-state index >= 15 is 0 Å². The molecule has 0 saturated carbocycles. The Hall–Kier alpha value is -4.39. The molecular weight excluding hydrogens is 562 g/mol. The second kappa shape index (κ2) is 14.6. The van der Waals surface area contributed by atoms with Crippen molar-refractivity contribution in [2.24, 2.45) is 11.8 Å². The van der Waals surface area contributed by atoms with E-state index in [1.165, 1.54) is 5.56 Å². The first-order valence-electron chi connectivity index (χ1n) is 16.1. The monoisotopic (exact) mass is 607 g/mol. The number of amides is 1. The molecule has 45 heavy (non-hydrogen) atoms. The first-order chi connectivity index (χ1) is 21.8. The molecular formula is C38H45N3O4. The van der Waals surface area contributed by atoms with Gasteiger partial charge in [0.15, 0.2) is 23.0 Å². The van der Waals surface area contributed by atoms with Crippen LogP contribution in [0.5, 0.6) is 11.5 Å². The number of fused-ring (bicyclic) bond motifs is 1. The fraction of sp³-hybridized carbons (Fsp3) is 0.395. The third-order valence-electron chi connectivity index (χ3n) is 9.17. The van der Waals surface area contributed by atoms with E-state index in [-0.39, 0.29) is 23.5 Å². The number of carbonyl (C=O) groups excluding carboxylic acids is 2. The summed E-state index contributed by atoms with van der Waals surface area (Å²) in [6, 6.07) is 16.0. The minimum atomic E-state index is -0.0556. The van der Waals surface area contributed by atoms with Gasteiger partial charge in [0.25, 0.3) is 5.91 Å². The van der Waals surface area contributed by atoms with Gasteiger partial charge in [-0.1, -0.05) is 50.3 Å². The molecule has 5 rings (SSSR count). The van der Waals surface area contributed by atoms with Crippen molar-refractivity contribution < 1.29 is 19.1 Å². The molecule has 1 aromatic heterocycles. The van der Waals surface area contributed by atoms with Crippen molar-refractivity contribution in [1.82, 2.24) is 14.7 Å². The fourth-order valence-electron chi connectivity index (χ4n) is 6.46. The molecule has 1 unspecified atom stereocenters. The van der Waals surface area contributed by atoms with Crippen molar-refractivity contribution in [3.63, 3.8) is 0 Å². The molecule has 2 aromatic carbocycles. The number of rotatable bonds is 9. The highest BCUT2D eigenvalue weighted by atomic mass is 16.5. The number of hydrogen-bond acceptors (Lipinski definition) is 5. The van der Waals surface area contributed by atoms with Crippen LogP contribution in [0.25, 0.3) is 11.8 Å². The summed E-state index contributed by atoms with van der Waals surface area (Å²) < 4.78 is 12.9. The van der Waals surface area contributed by atoms with Crippen LogP contribution in [0.3, 0.4) is 0 Å². The average molecular weight is 608 g/mol. The van der Waals surface area contributed by atoms with Gasteiger partial charge in [0, 0.05) is 30.8 Å². The standard InChI is InChI=1S/C38H45N3O4/c1-6-28-13-10-11-14-30(28)21-26(2)35(42)22-29-15-12-20-40(25-27(29)3)38(43)33-24-32-16-8-7-9-17-34(41(32)39-33)31-18-19-36(44-4)37(23-31)45-5/h7,9-11,13-14,17-19,21,23-24,27,29H,6,8,12,15-16,20,22,25H2,1-5H3/b9-7-,26-21+,34-17-/t27-,29?/m0/s1. The molecule has 7 nitrogen and oxygen atoms in total. The fourth-order valence-corrected chi connectivity index (χ4v) is 6.46. The Labute approximate surface area is 267 Å². The lowest BCUT2D eigenvalue weighted by molar-refractivity contribution is -0.116. The Balaban J connectivity index is 1.31. The van der Waals surface area contributed by atoms with Crippen LogP contribution in [0.1, 0.15) is 79.3 Å². The molecule has 0 spiro atoms. The Bertz CT molecular complexity index is 1630. The molecule has 0 bridgehead atoms. The van der Waals surface area contributed by atoms with E-state index in [1.807, 2.05) is 71.1 Å². The average Bonchev–Trinajstić information content (AvgIpc) is 3.36. The molecule has 1 fully saturated rings. The van der Waals surface area contributed by atoms with E-state index < -0.39 is 0 Å². The van der Waals surface area contributed by atoms with Crippen LogP contribution in [0.15, 0.2) is 72.3 Å². The Kier molecular flexibility index (Phi) is 10.4. The second-order valence-corrected chi connectivity index (χ2v) is 12.2. The van der Waals surface area contributed by atoms with Crippen LogP contribution in [0.4, 0.5) is 0 Å². The minimum absolute atomic E-state index is 0.0556. The summed E-state index contributed by atoms with van der Waals surface area (Å²) in [4.78, 5) is 29.2. The van der Waals surface area contributed by atoms with Crippen LogP contribution in [0.2, 0.25) is 0 Å². The van der Waals surface area contributed by atoms with E-state index in [9.17, 15) is 9.59 Å². The van der Waals surface area contributed by atoms with Gasteiger partial charge in [0.05, 0.1) is 19.9 Å². The zero-order valence-electron chi connectivity index (χ0n) is 27.2. The van der Waals surface area contributed by atoms with Gasteiger partial charge < -0.3 is 14.4 Å². The number of hydrogen-bond donors (Lipinski definition) is 0. The van der Waals surface area contributed by atoms with Gasteiger partial charge in [-0.3, -0.25) is 9.59 Å². The zero-order valence-corrected chi connectivity index (χ0v) is 27.2. The third-order valence-corrected chi connectivity index (χ3v) is 9.17. The van der Waals surface area contributed by atoms with Crippen molar-refractivity contribution >= 4 is 23.5 Å². The van der Waals surface area contributed by atoms with Crippen molar-refractivity contribution in [1.29, 1.82) is 0 Å². The number of nitrogens with zero attached hydrogens (tertiary/aromatic N) is 3. The number of benzene rings is 2. The number of ketones is 1.